The van der Waals surface area contributed by atoms with Gasteiger partial charge in [0, 0.05) is 34.5 Å². The molecule has 48 heavy (non-hydrogen) atoms. The van der Waals surface area contributed by atoms with Crippen molar-refractivity contribution in [1.29, 1.82) is 0 Å². The van der Waals surface area contributed by atoms with E-state index >= 15 is 0 Å². The quantitative estimate of drug-likeness (QED) is 0.167. The molecule has 0 fully saturated rings. The summed E-state index contributed by atoms with van der Waals surface area (Å²) in [5.41, 5.74) is 19.2. The van der Waals surface area contributed by atoms with Gasteiger partial charge >= 0.3 is 5.66 Å². The second-order valence-electron chi connectivity index (χ2n) is 15.2. The number of aromatic nitrogens is 2. The van der Waals surface area contributed by atoms with Crippen molar-refractivity contribution in [1.82, 2.24) is 0 Å². The summed E-state index contributed by atoms with van der Waals surface area (Å²) in [5, 5.41) is 2.36. The molecule has 1 atom stereocenters. The standard InChI is InChI=1S/C45H38N2O/c1-26-22-29-17-18-30-31-19-20-36-41(43(31)48-42(30)33(29)23-26)39-24-37(44(4,5)6)34(40-27(2)12-11-13-28(40)3)25-47(39)45(36)35-15-8-7-14-32(35)38-16-9-10-21-46(38)45/h7-21,23-25H,22H2,1-6H3/q+2. The van der Waals surface area contributed by atoms with Crippen molar-refractivity contribution in [2.24, 2.45) is 0 Å². The first-order chi connectivity index (χ1) is 23.2. The number of pyridine rings is 2. The number of furan rings is 1. The van der Waals surface area contributed by atoms with Crippen molar-refractivity contribution in [2.75, 3.05) is 0 Å². The summed E-state index contributed by atoms with van der Waals surface area (Å²) in [6.45, 7) is 13.7. The van der Waals surface area contributed by atoms with E-state index in [0.717, 1.165) is 17.6 Å². The first kappa shape index (κ1) is 27.8. The molecule has 3 aromatic heterocycles. The van der Waals surface area contributed by atoms with Crippen LogP contribution in [0.25, 0.3) is 61.7 Å². The first-order valence-electron chi connectivity index (χ1n) is 17.2. The molecular formula is C45H38N2O+2. The molecule has 1 aliphatic carbocycles. The van der Waals surface area contributed by atoms with Crippen LogP contribution < -0.4 is 9.13 Å². The highest BCUT2D eigenvalue weighted by atomic mass is 16.3. The first-order valence-corrected chi connectivity index (χ1v) is 17.2. The van der Waals surface area contributed by atoms with Crippen LogP contribution in [-0.2, 0) is 17.5 Å². The molecule has 2 aliphatic heterocycles. The molecule has 0 saturated heterocycles. The molecule has 232 valence electrons. The maximum atomic E-state index is 7.13. The fraction of sp³-hybridized carbons (Fsp3) is 0.200. The Labute approximate surface area is 281 Å². The van der Waals surface area contributed by atoms with Gasteiger partial charge in [0.1, 0.15) is 27.9 Å². The fourth-order valence-electron chi connectivity index (χ4n) is 9.23. The zero-order valence-electron chi connectivity index (χ0n) is 28.4. The Morgan fingerprint density at radius 3 is 2.23 bits per heavy atom. The average Bonchev–Trinajstić information content (AvgIpc) is 3.79. The Kier molecular flexibility index (Phi) is 5.33. The lowest BCUT2D eigenvalue weighted by molar-refractivity contribution is -0.955. The molecule has 10 rings (SSSR count). The molecule has 0 bridgehead atoms. The Balaban J connectivity index is 1.42. The van der Waals surface area contributed by atoms with Gasteiger partial charge in [-0.05, 0) is 90.8 Å². The Morgan fingerprint density at radius 2 is 1.42 bits per heavy atom. The minimum absolute atomic E-state index is 0.0981. The molecule has 0 N–H and O–H groups in total. The predicted octanol–water partition coefficient (Wildman–Crippen LogP) is 9.96. The van der Waals surface area contributed by atoms with Crippen LogP contribution in [0.2, 0.25) is 0 Å². The Bertz CT molecular complexity index is 2540. The van der Waals surface area contributed by atoms with Gasteiger partial charge in [0.2, 0.25) is 11.4 Å². The van der Waals surface area contributed by atoms with Crippen LogP contribution in [-0.4, -0.2) is 0 Å². The Hall–Kier alpha value is -5.28. The fourth-order valence-corrected chi connectivity index (χ4v) is 9.23. The predicted molar refractivity (Wildman–Crippen MR) is 194 cm³/mol. The molecule has 3 aliphatic rings. The number of fused-ring (bicyclic) bond motifs is 16. The van der Waals surface area contributed by atoms with Gasteiger partial charge in [0.05, 0.1) is 11.1 Å². The van der Waals surface area contributed by atoms with E-state index in [2.05, 4.69) is 160 Å². The van der Waals surface area contributed by atoms with Crippen LogP contribution in [0.1, 0.15) is 66.6 Å². The van der Waals surface area contributed by atoms with Crippen LogP contribution in [0.3, 0.4) is 0 Å². The van der Waals surface area contributed by atoms with Crippen molar-refractivity contribution < 1.29 is 13.6 Å². The highest BCUT2D eigenvalue weighted by molar-refractivity contribution is 6.12. The zero-order valence-corrected chi connectivity index (χ0v) is 28.4. The van der Waals surface area contributed by atoms with Crippen molar-refractivity contribution >= 4 is 28.0 Å². The highest BCUT2D eigenvalue weighted by Gasteiger charge is 2.67. The van der Waals surface area contributed by atoms with Gasteiger partial charge in [-0.3, -0.25) is 0 Å². The summed E-state index contributed by atoms with van der Waals surface area (Å²) in [4.78, 5) is 0. The van der Waals surface area contributed by atoms with E-state index in [1.165, 1.54) is 88.9 Å². The van der Waals surface area contributed by atoms with Crippen LogP contribution in [0, 0.1) is 13.8 Å². The molecule has 1 unspecified atom stereocenters. The third-order valence-corrected chi connectivity index (χ3v) is 11.2. The summed E-state index contributed by atoms with van der Waals surface area (Å²) in [5.74, 6) is 0. The van der Waals surface area contributed by atoms with E-state index in [9.17, 15) is 0 Å². The largest absolute Gasteiger partial charge is 0.454 e. The van der Waals surface area contributed by atoms with E-state index in [-0.39, 0.29) is 5.41 Å². The molecule has 3 nitrogen and oxygen atoms in total. The van der Waals surface area contributed by atoms with Gasteiger partial charge in [-0.15, -0.1) is 9.13 Å². The highest BCUT2D eigenvalue weighted by Crippen LogP contribution is 2.52. The number of aryl methyl sites for hydroxylation is 2. The van der Waals surface area contributed by atoms with E-state index in [0.29, 0.717) is 0 Å². The average molecular weight is 623 g/mol. The van der Waals surface area contributed by atoms with Gasteiger partial charge in [-0.25, -0.2) is 0 Å². The molecule has 1 spiro atoms. The Morgan fingerprint density at radius 1 is 0.667 bits per heavy atom. The lowest BCUT2D eigenvalue weighted by Crippen LogP contribution is -2.71. The molecule has 0 amide bonds. The van der Waals surface area contributed by atoms with Gasteiger partial charge < -0.3 is 4.42 Å². The molecule has 5 heterocycles. The molecule has 4 aromatic carbocycles. The second-order valence-corrected chi connectivity index (χ2v) is 15.2. The number of allylic oxidation sites excluding steroid dienone is 1. The SMILES string of the molecule is CC1=Cc2c(ccc3c2oc2c4c(ccc23)C2(c3ccccc3-c3cccc[n+]32)[n+]2cc(-c3c(C)cccc3C)c(C(C)(C)C)cc2-4)C1. The van der Waals surface area contributed by atoms with Crippen molar-refractivity contribution in [3.05, 3.63) is 148 Å². The monoisotopic (exact) mass is 622 g/mol. The lowest BCUT2D eigenvalue weighted by Gasteiger charge is -2.25. The third kappa shape index (κ3) is 3.34. The van der Waals surface area contributed by atoms with Gasteiger partial charge in [0.15, 0.2) is 12.4 Å². The number of rotatable bonds is 1. The zero-order chi connectivity index (χ0) is 32.7. The van der Waals surface area contributed by atoms with Crippen molar-refractivity contribution in [2.45, 2.75) is 59.0 Å². The maximum absolute atomic E-state index is 7.13. The van der Waals surface area contributed by atoms with Crippen molar-refractivity contribution in [3.63, 3.8) is 0 Å². The number of hydrogen-bond donors (Lipinski definition) is 0. The van der Waals surface area contributed by atoms with Crippen LogP contribution in [0.5, 0.6) is 0 Å². The van der Waals surface area contributed by atoms with Gasteiger partial charge in [0.25, 0.3) is 0 Å². The summed E-state index contributed by atoms with van der Waals surface area (Å²) in [6.07, 6.45) is 8.04. The smallest absolute Gasteiger partial charge is 0.417 e. The minimum Gasteiger partial charge on any atom is -0.454 e. The molecule has 0 saturated carbocycles. The van der Waals surface area contributed by atoms with Crippen molar-refractivity contribution in [3.8, 4) is 33.6 Å². The lowest BCUT2D eigenvalue weighted by atomic mass is 9.80. The third-order valence-electron chi connectivity index (χ3n) is 11.2. The molecular weight excluding hydrogens is 585 g/mol. The van der Waals surface area contributed by atoms with Gasteiger partial charge in [-0.1, -0.05) is 74.9 Å². The number of benzene rings is 4. The van der Waals surface area contributed by atoms with Crippen LogP contribution >= 0.6 is 0 Å². The molecule has 7 aromatic rings. The van der Waals surface area contributed by atoms with E-state index in [4.69, 9.17) is 4.42 Å². The summed E-state index contributed by atoms with van der Waals surface area (Å²) in [7, 11) is 0. The molecule has 0 radical (unpaired) electrons. The van der Waals surface area contributed by atoms with Crippen LogP contribution in [0.4, 0.5) is 0 Å². The maximum Gasteiger partial charge on any atom is 0.417 e. The minimum atomic E-state index is -0.620. The molecule has 3 heteroatoms. The summed E-state index contributed by atoms with van der Waals surface area (Å²) in [6, 6.07) is 34.0. The second kappa shape index (κ2) is 9.20. The summed E-state index contributed by atoms with van der Waals surface area (Å²) >= 11 is 0. The van der Waals surface area contributed by atoms with Gasteiger partial charge in [-0.2, -0.15) is 0 Å². The summed E-state index contributed by atoms with van der Waals surface area (Å²) < 4.78 is 12.2. The normalized spacial score (nSPS) is 17.1. The number of nitrogens with zero attached hydrogens (tertiary/aromatic N) is 2. The van der Waals surface area contributed by atoms with E-state index in [1.54, 1.807) is 0 Å². The van der Waals surface area contributed by atoms with E-state index in [1.807, 2.05) is 0 Å². The van der Waals surface area contributed by atoms with E-state index < -0.39 is 5.66 Å². The number of hydrogen-bond acceptors (Lipinski definition) is 1. The van der Waals surface area contributed by atoms with Crippen LogP contribution in [0.15, 0.2) is 113 Å². The topological polar surface area (TPSA) is 20.9 Å².